The van der Waals surface area contributed by atoms with Crippen LogP contribution in [0.3, 0.4) is 0 Å². The Labute approximate surface area is 108 Å². The second-order valence-corrected chi connectivity index (χ2v) is 4.17. The smallest absolute Gasteiger partial charge is 0.406 e. The Balaban J connectivity index is 3.13. The van der Waals surface area contributed by atoms with Crippen molar-refractivity contribution in [2.24, 2.45) is 0 Å². The third kappa shape index (κ3) is 3.91. The van der Waals surface area contributed by atoms with Crippen LogP contribution < -0.4 is 4.74 Å². The maximum Gasteiger partial charge on any atom is 0.573 e. The molecule has 100 valence electrons. The van der Waals surface area contributed by atoms with Crippen LogP contribution in [-0.4, -0.2) is 12.1 Å². The van der Waals surface area contributed by atoms with Crippen molar-refractivity contribution in [2.75, 3.05) is 0 Å². The molecule has 1 atom stereocenters. The first-order valence-corrected chi connectivity index (χ1v) is 5.71. The number of hydrogen-bond donors (Lipinski definition) is 0. The highest BCUT2D eigenvalue weighted by atomic mass is 35.5. The van der Waals surface area contributed by atoms with Crippen LogP contribution in [0.2, 0.25) is 0 Å². The van der Waals surface area contributed by atoms with Crippen molar-refractivity contribution in [3.05, 3.63) is 29.3 Å². The van der Waals surface area contributed by atoms with Crippen LogP contribution in [-0.2, 0) is 11.2 Å². The summed E-state index contributed by atoms with van der Waals surface area (Å²) >= 11 is 5.88. The molecule has 0 heterocycles. The van der Waals surface area contributed by atoms with Gasteiger partial charge in [0.25, 0.3) is 0 Å². The summed E-state index contributed by atoms with van der Waals surface area (Å²) in [5, 5.41) is -0.961. The fraction of sp³-hybridized carbons (Fsp3) is 0.417. The van der Waals surface area contributed by atoms with Crippen molar-refractivity contribution in [1.29, 1.82) is 0 Å². The number of ketones is 1. The maximum atomic E-state index is 12.1. The Morgan fingerprint density at radius 2 is 2.06 bits per heavy atom. The molecule has 0 amide bonds. The Kier molecular flexibility index (Phi) is 4.62. The van der Waals surface area contributed by atoms with Crippen LogP contribution in [0.25, 0.3) is 0 Å². The number of halogens is 4. The molecule has 2 nitrogen and oxygen atoms in total. The minimum Gasteiger partial charge on any atom is -0.406 e. The van der Waals surface area contributed by atoms with Gasteiger partial charge in [-0.2, -0.15) is 0 Å². The molecule has 18 heavy (non-hydrogen) atoms. The molecular weight excluding hydrogens is 269 g/mol. The average molecular weight is 281 g/mol. The second-order valence-electron chi connectivity index (χ2n) is 3.74. The number of carbonyl (C=O) groups excluding carboxylic acids is 1. The molecule has 0 saturated carbocycles. The van der Waals surface area contributed by atoms with E-state index in [0.29, 0.717) is 12.0 Å². The van der Waals surface area contributed by atoms with Gasteiger partial charge in [-0.1, -0.05) is 13.0 Å². The van der Waals surface area contributed by atoms with Gasteiger partial charge in [0.05, 0.1) is 0 Å². The molecule has 1 aromatic carbocycles. The van der Waals surface area contributed by atoms with Gasteiger partial charge in [-0.25, -0.2) is 0 Å². The second kappa shape index (κ2) is 5.61. The number of Topliss-reactive ketones (excluding diaryl/α,β-unsaturated/α-hetero) is 1. The van der Waals surface area contributed by atoms with Crippen LogP contribution in [0.1, 0.15) is 30.4 Å². The topological polar surface area (TPSA) is 26.3 Å². The van der Waals surface area contributed by atoms with Gasteiger partial charge in [0.1, 0.15) is 11.1 Å². The minimum atomic E-state index is -4.76. The fourth-order valence-corrected chi connectivity index (χ4v) is 1.75. The zero-order valence-corrected chi connectivity index (χ0v) is 10.6. The average Bonchev–Trinajstić information content (AvgIpc) is 2.25. The lowest BCUT2D eigenvalue weighted by Gasteiger charge is -2.15. The van der Waals surface area contributed by atoms with E-state index in [-0.39, 0.29) is 11.5 Å². The molecular formula is C12H12ClF3O2. The summed E-state index contributed by atoms with van der Waals surface area (Å²) in [5.74, 6) is -0.697. The van der Waals surface area contributed by atoms with Crippen LogP contribution in [0.15, 0.2) is 18.2 Å². The van der Waals surface area contributed by atoms with Crippen LogP contribution in [0.5, 0.6) is 5.75 Å². The summed E-state index contributed by atoms with van der Waals surface area (Å²) < 4.78 is 40.1. The Hall–Kier alpha value is -1.23. The van der Waals surface area contributed by atoms with E-state index in [1.165, 1.54) is 19.1 Å². The standard InChI is InChI=1S/C12H12ClF3O2/c1-3-8-4-5-9(18-12(14,15)16)6-10(8)11(13)7(2)17/h4-6,11H,3H2,1-2H3. The predicted octanol–water partition coefficient (Wildman–Crippen LogP) is 4.02. The summed E-state index contributed by atoms with van der Waals surface area (Å²) in [7, 11) is 0. The molecule has 1 unspecified atom stereocenters. The minimum absolute atomic E-state index is 0.324. The Morgan fingerprint density at radius 3 is 2.50 bits per heavy atom. The first kappa shape index (κ1) is 14.8. The van der Waals surface area contributed by atoms with Crippen LogP contribution >= 0.6 is 11.6 Å². The van der Waals surface area contributed by atoms with E-state index < -0.39 is 11.7 Å². The predicted molar refractivity (Wildman–Crippen MR) is 61.8 cm³/mol. The molecule has 0 aromatic heterocycles. The van der Waals surface area contributed by atoms with Crippen molar-refractivity contribution in [2.45, 2.75) is 32.0 Å². The molecule has 1 rings (SSSR count). The summed E-state index contributed by atoms with van der Waals surface area (Å²) in [5.41, 5.74) is 1.08. The molecule has 0 fully saturated rings. The van der Waals surface area contributed by atoms with E-state index >= 15 is 0 Å². The zero-order chi connectivity index (χ0) is 13.9. The Morgan fingerprint density at radius 1 is 1.44 bits per heavy atom. The van der Waals surface area contributed by atoms with Crippen LogP contribution in [0, 0.1) is 0 Å². The number of alkyl halides is 4. The number of benzene rings is 1. The number of aryl methyl sites for hydroxylation is 1. The quantitative estimate of drug-likeness (QED) is 0.779. The molecule has 0 radical (unpaired) electrons. The number of hydrogen-bond acceptors (Lipinski definition) is 2. The van der Waals surface area contributed by atoms with E-state index in [1.807, 2.05) is 6.92 Å². The first-order valence-electron chi connectivity index (χ1n) is 5.27. The molecule has 0 saturated heterocycles. The highest BCUT2D eigenvalue weighted by Crippen LogP contribution is 2.31. The van der Waals surface area contributed by atoms with Crippen molar-refractivity contribution < 1.29 is 22.7 Å². The van der Waals surface area contributed by atoms with Crippen molar-refractivity contribution in [3.63, 3.8) is 0 Å². The van der Waals surface area contributed by atoms with E-state index in [1.54, 1.807) is 0 Å². The number of rotatable bonds is 4. The largest absolute Gasteiger partial charge is 0.573 e. The molecule has 0 aliphatic carbocycles. The van der Waals surface area contributed by atoms with E-state index in [9.17, 15) is 18.0 Å². The summed E-state index contributed by atoms with van der Waals surface area (Å²) in [4.78, 5) is 11.2. The normalized spacial score (nSPS) is 13.2. The molecule has 1 aromatic rings. The maximum absolute atomic E-state index is 12.1. The van der Waals surface area contributed by atoms with E-state index in [0.717, 1.165) is 11.6 Å². The number of ether oxygens (including phenoxy) is 1. The summed E-state index contributed by atoms with van der Waals surface area (Å²) in [6, 6.07) is 3.85. The Bertz CT molecular complexity index is 443. The van der Waals surface area contributed by atoms with E-state index in [2.05, 4.69) is 4.74 Å². The zero-order valence-electron chi connectivity index (χ0n) is 9.84. The molecule has 0 aliphatic rings. The summed E-state index contributed by atoms with van der Waals surface area (Å²) in [6.45, 7) is 3.11. The van der Waals surface area contributed by atoms with Crippen molar-refractivity contribution in [3.8, 4) is 5.75 Å². The lowest BCUT2D eigenvalue weighted by atomic mass is 10.00. The molecule has 6 heteroatoms. The SMILES string of the molecule is CCc1ccc(OC(F)(F)F)cc1C(Cl)C(C)=O. The van der Waals surface area contributed by atoms with Gasteiger partial charge in [-0.05, 0) is 36.6 Å². The van der Waals surface area contributed by atoms with Gasteiger partial charge in [0.2, 0.25) is 0 Å². The van der Waals surface area contributed by atoms with Gasteiger partial charge in [0.15, 0.2) is 5.78 Å². The van der Waals surface area contributed by atoms with Crippen molar-refractivity contribution >= 4 is 17.4 Å². The van der Waals surface area contributed by atoms with Gasteiger partial charge in [-0.3, -0.25) is 4.79 Å². The van der Waals surface area contributed by atoms with E-state index in [4.69, 9.17) is 11.6 Å². The fourth-order valence-electron chi connectivity index (χ4n) is 1.55. The van der Waals surface area contributed by atoms with Gasteiger partial charge in [0, 0.05) is 0 Å². The highest BCUT2D eigenvalue weighted by Gasteiger charge is 2.31. The highest BCUT2D eigenvalue weighted by molar-refractivity contribution is 6.30. The lowest BCUT2D eigenvalue weighted by molar-refractivity contribution is -0.274. The third-order valence-electron chi connectivity index (χ3n) is 2.36. The number of carbonyl (C=O) groups is 1. The lowest BCUT2D eigenvalue weighted by Crippen LogP contribution is -2.17. The van der Waals surface area contributed by atoms with Gasteiger partial charge < -0.3 is 4.74 Å². The van der Waals surface area contributed by atoms with Crippen molar-refractivity contribution in [1.82, 2.24) is 0 Å². The molecule has 0 N–H and O–H groups in total. The van der Waals surface area contributed by atoms with Gasteiger partial charge >= 0.3 is 6.36 Å². The molecule has 0 bridgehead atoms. The monoisotopic (exact) mass is 280 g/mol. The molecule has 0 spiro atoms. The van der Waals surface area contributed by atoms with Crippen LogP contribution in [0.4, 0.5) is 13.2 Å². The first-order chi connectivity index (χ1) is 8.24. The van der Waals surface area contributed by atoms with Gasteiger partial charge in [-0.15, -0.1) is 24.8 Å². The molecule has 0 aliphatic heterocycles. The third-order valence-corrected chi connectivity index (χ3v) is 2.90. The summed E-state index contributed by atoms with van der Waals surface area (Å²) in [6.07, 6.45) is -4.19.